The average Bonchev–Trinajstić information content (AvgIpc) is 3.44. The number of aryl methyl sites for hydroxylation is 1. The Morgan fingerprint density at radius 1 is 1.32 bits per heavy atom. The second-order valence-electron chi connectivity index (χ2n) is 7.81. The standard InChI is InChI=1S/C23H27FN6O/c1-30-15-17(13-28-30)21-8-7-20(23(31)27-14-19-6-3-10-25-19)22(29-21)26-11-9-16-4-2-5-18(24)12-16/h2,4-5,7-8,12-13,15,19,25H,3,6,9-11,14H2,1H3,(H,26,29)(H,27,31)/t19-/m1/s1. The number of anilines is 1. The van der Waals surface area contributed by atoms with Crippen molar-refractivity contribution in [2.75, 3.05) is 25.0 Å². The summed E-state index contributed by atoms with van der Waals surface area (Å²) in [4.78, 5) is 17.6. The Morgan fingerprint density at radius 3 is 2.97 bits per heavy atom. The Bertz CT molecular complexity index is 1040. The first-order valence-electron chi connectivity index (χ1n) is 10.6. The van der Waals surface area contributed by atoms with Gasteiger partial charge in [-0.1, -0.05) is 12.1 Å². The molecule has 1 aliphatic rings. The number of benzene rings is 1. The van der Waals surface area contributed by atoms with Crippen LogP contribution in [0, 0.1) is 5.82 Å². The summed E-state index contributed by atoms with van der Waals surface area (Å²) in [5.41, 5.74) is 2.98. The van der Waals surface area contributed by atoms with Gasteiger partial charge in [-0.25, -0.2) is 9.37 Å². The molecule has 4 rings (SSSR count). The highest BCUT2D eigenvalue weighted by Crippen LogP contribution is 2.22. The SMILES string of the molecule is Cn1cc(-c2ccc(C(=O)NC[C@H]3CCCN3)c(NCCc3cccc(F)c3)n2)cn1. The van der Waals surface area contributed by atoms with E-state index in [-0.39, 0.29) is 11.7 Å². The molecular weight excluding hydrogens is 395 g/mol. The van der Waals surface area contributed by atoms with Gasteiger partial charge in [-0.05, 0) is 55.6 Å². The van der Waals surface area contributed by atoms with Crippen molar-refractivity contribution in [3.8, 4) is 11.3 Å². The minimum Gasteiger partial charge on any atom is -0.369 e. The highest BCUT2D eigenvalue weighted by molar-refractivity contribution is 5.99. The van der Waals surface area contributed by atoms with Gasteiger partial charge in [0.05, 0.1) is 17.5 Å². The van der Waals surface area contributed by atoms with Crippen LogP contribution in [0.4, 0.5) is 10.2 Å². The van der Waals surface area contributed by atoms with E-state index in [1.807, 2.05) is 25.4 Å². The Kier molecular flexibility index (Phi) is 6.57. The van der Waals surface area contributed by atoms with Gasteiger partial charge in [0.25, 0.3) is 5.91 Å². The van der Waals surface area contributed by atoms with Crippen molar-refractivity contribution in [3.05, 3.63) is 65.7 Å². The van der Waals surface area contributed by atoms with Gasteiger partial charge in [0, 0.05) is 37.9 Å². The molecule has 8 heteroatoms. The zero-order chi connectivity index (χ0) is 21.6. The summed E-state index contributed by atoms with van der Waals surface area (Å²) in [6.45, 7) is 2.11. The number of hydrogen-bond donors (Lipinski definition) is 3. The Hall–Kier alpha value is -3.26. The molecule has 3 aromatic rings. The lowest BCUT2D eigenvalue weighted by molar-refractivity contribution is 0.0951. The Morgan fingerprint density at radius 2 is 2.23 bits per heavy atom. The lowest BCUT2D eigenvalue weighted by Gasteiger charge is -2.15. The number of carbonyl (C=O) groups excluding carboxylic acids is 1. The minimum absolute atomic E-state index is 0.160. The highest BCUT2D eigenvalue weighted by Gasteiger charge is 2.18. The highest BCUT2D eigenvalue weighted by atomic mass is 19.1. The fourth-order valence-electron chi connectivity index (χ4n) is 3.75. The van der Waals surface area contributed by atoms with E-state index >= 15 is 0 Å². The van der Waals surface area contributed by atoms with Gasteiger partial charge in [0.2, 0.25) is 0 Å². The second-order valence-corrected chi connectivity index (χ2v) is 7.81. The molecule has 1 aliphatic heterocycles. The third-order valence-corrected chi connectivity index (χ3v) is 5.41. The molecule has 3 N–H and O–H groups in total. The van der Waals surface area contributed by atoms with Crippen molar-refractivity contribution < 1.29 is 9.18 Å². The zero-order valence-corrected chi connectivity index (χ0v) is 17.6. The first-order chi connectivity index (χ1) is 15.1. The van der Waals surface area contributed by atoms with E-state index < -0.39 is 0 Å². The maximum Gasteiger partial charge on any atom is 0.255 e. The van der Waals surface area contributed by atoms with Gasteiger partial charge in [-0.3, -0.25) is 9.48 Å². The predicted octanol–water partition coefficient (Wildman–Crippen LogP) is 2.76. The molecule has 1 saturated heterocycles. The summed E-state index contributed by atoms with van der Waals surface area (Å²) in [6, 6.07) is 10.5. The molecule has 1 amide bonds. The molecule has 2 aromatic heterocycles. The number of aromatic nitrogens is 3. The van der Waals surface area contributed by atoms with Crippen LogP contribution < -0.4 is 16.0 Å². The molecule has 0 saturated carbocycles. The average molecular weight is 423 g/mol. The molecular formula is C23H27FN6O. The van der Waals surface area contributed by atoms with E-state index in [1.165, 1.54) is 12.1 Å². The number of halogens is 1. The van der Waals surface area contributed by atoms with Crippen LogP contribution in [-0.2, 0) is 13.5 Å². The first-order valence-corrected chi connectivity index (χ1v) is 10.6. The number of hydrogen-bond acceptors (Lipinski definition) is 5. The summed E-state index contributed by atoms with van der Waals surface area (Å²) in [6.07, 6.45) is 6.43. The molecule has 31 heavy (non-hydrogen) atoms. The van der Waals surface area contributed by atoms with E-state index in [0.717, 1.165) is 36.2 Å². The summed E-state index contributed by atoms with van der Waals surface area (Å²) >= 11 is 0. The lowest BCUT2D eigenvalue weighted by Crippen LogP contribution is -2.37. The maximum absolute atomic E-state index is 13.4. The molecule has 0 bridgehead atoms. The van der Waals surface area contributed by atoms with Crippen LogP contribution in [0.2, 0.25) is 0 Å². The van der Waals surface area contributed by atoms with E-state index in [4.69, 9.17) is 4.98 Å². The van der Waals surface area contributed by atoms with E-state index in [2.05, 4.69) is 21.0 Å². The van der Waals surface area contributed by atoms with Gasteiger partial charge in [-0.2, -0.15) is 5.10 Å². The summed E-state index contributed by atoms with van der Waals surface area (Å²) < 4.78 is 15.2. The van der Waals surface area contributed by atoms with Crippen LogP contribution in [-0.4, -0.2) is 46.3 Å². The van der Waals surface area contributed by atoms with E-state index in [1.54, 1.807) is 23.0 Å². The van der Waals surface area contributed by atoms with E-state index in [0.29, 0.717) is 36.9 Å². The topological polar surface area (TPSA) is 83.9 Å². The zero-order valence-electron chi connectivity index (χ0n) is 17.6. The molecule has 3 heterocycles. The van der Waals surface area contributed by atoms with Gasteiger partial charge in [0.15, 0.2) is 0 Å². The number of carbonyl (C=O) groups is 1. The fourth-order valence-corrected chi connectivity index (χ4v) is 3.75. The van der Waals surface area contributed by atoms with Gasteiger partial charge in [0.1, 0.15) is 11.6 Å². The largest absolute Gasteiger partial charge is 0.369 e. The van der Waals surface area contributed by atoms with Gasteiger partial charge in [-0.15, -0.1) is 0 Å². The van der Waals surface area contributed by atoms with Crippen LogP contribution in [0.25, 0.3) is 11.3 Å². The van der Waals surface area contributed by atoms with Crippen LogP contribution in [0.1, 0.15) is 28.8 Å². The van der Waals surface area contributed by atoms with Crippen LogP contribution in [0.3, 0.4) is 0 Å². The van der Waals surface area contributed by atoms with Crippen molar-refractivity contribution in [3.63, 3.8) is 0 Å². The van der Waals surface area contributed by atoms with Crippen molar-refractivity contribution >= 4 is 11.7 Å². The molecule has 1 atom stereocenters. The van der Waals surface area contributed by atoms with Gasteiger partial charge >= 0.3 is 0 Å². The fraction of sp³-hybridized carbons (Fsp3) is 0.348. The molecule has 0 aliphatic carbocycles. The van der Waals surface area contributed by atoms with Crippen molar-refractivity contribution in [1.29, 1.82) is 0 Å². The summed E-state index contributed by atoms with van der Waals surface area (Å²) in [5, 5.41) is 13.9. The number of amides is 1. The molecule has 162 valence electrons. The molecule has 0 unspecified atom stereocenters. The lowest BCUT2D eigenvalue weighted by atomic mass is 10.1. The van der Waals surface area contributed by atoms with Crippen LogP contribution in [0.15, 0.2) is 48.8 Å². The Labute approximate surface area is 181 Å². The predicted molar refractivity (Wildman–Crippen MR) is 118 cm³/mol. The maximum atomic E-state index is 13.4. The van der Waals surface area contributed by atoms with Crippen LogP contribution in [0.5, 0.6) is 0 Å². The van der Waals surface area contributed by atoms with Crippen molar-refractivity contribution in [2.24, 2.45) is 7.05 Å². The monoisotopic (exact) mass is 422 g/mol. The second kappa shape index (κ2) is 9.70. The quantitative estimate of drug-likeness (QED) is 0.520. The third kappa shape index (κ3) is 5.46. The minimum atomic E-state index is -0.255. The van der Waals surface area contributed by atoms with Crippen molar-refractivity contribution in [2.45, 2.75) is 25.3 Å². The van der Waals surface area contributed by atoms with Crippen LogP contribution >= 0.6 is 0 Å². The van der Waals surface area contributed by atoms with Gasteiger partial charge < -0.3 is 16.0 Å². The normalized spacial score (nSPS) is 15.7. The number of rotatable bonds is 8. The molecule has 7 nitrogen and oxygen atoms in total. The van der Waals surface area contributed by atoms with E-state index in [9.17, 15) is 9.18 Å². The summed E-state index contributed by atoms with van der Waals surface area (Å²) in [5.74, 6) is 0.0941. The molecule has 0 radical (unpaired) electrons. The molecule has 1 fully saturated rings. The number of nitrogens with one attached hydrogen (secondary N) is 3. The number of nitrogens with zero attached hydrogens (tertiary/aromatic N) is 3. The number of pyridine rings is 1. The molecule has 0 spiro atoms. The smallest absolute Gasteiger partial charge is 0.255 e. The van der Waals surface area contributed by atoms with Crippen molar-refractivity contribution in [1.82, 2.24) is 25.4 Å². The first kappa shape index (κ1) is 21.0. The third-order valence-electron chi connectivity index (χ3n) is 5.41. The summed E-state index contributed by atoms with van der Waals surface area (Å²) in [7, 11) is 1.85. The Balaban J connectivity index is 1.50. The molecule has 1 aromatic carbocycles.